The first-order valence-electron chi connectivity index (χ1n) is 8.22. The summed E-state index contributed by atoms with van der Waals surface area (Å²) in [4.78, 5) is 2.44. The lowest BCUT2D eigenvalue weighted by molar-refractivity contribution is 0.295. The molecule has 0 amide bonds. The first-order chi connectivity index (χ1) is 10.1. The minimum absolute atomic E-state index is 0.549. The Hall–Kier alpha value is -1.12. The van der Waals surface area contributed by atoms with Gasteiger partial charge in [0, 0.05) is 25.7 Å². The smallest absolute Gasteiger partial charge is 0.0237 e. The molecule has 2 nitrogen and oxygen atoms in total. The SMILES string of the molecule is C=CCN(CCC)Cc1ccc(C(C)CNC(C)C)cc1. The summed E-state index contributed by atoms with van der Waals surface area (Å²) in [5.74, 6) is 0.557. The maximum atomic E-state index is 3.85. The molecule has 21 heavy (non-hydrogen) atoms. The highest BCUT2D eigenvalue weighted by Crippen LogP contribution is 2.16. The standard InChI is InChI=1S/C19H32N2/c1-6-12-21(13-7-2)15-18-8-10-19(11-9-18)17(5)14-20-16(3)4/h6,8-11,16-17,20H,1,7,12-15H2,2-5H3. The highest BCUT2D eigenvalue weighted by Gasteiger charge is 2.07. The van der Waals surface area contributed by atoms with Crippen LogP contribution in [0.25, 0.3) is 0 Å². The average Bonchev–Trinajstić information content (AvgIpc) is 2.46. The zero-order valence-electron chi connectivity index (χ0n) is 14.2. The lowest BCUT2D eigenvalue weighted by Crippen LogP contribution is -2.27. The molecule has 1 atom stereocenters. The van der Waals surface area contributed by atoms with Crippen molar-refractivity contribution in [2.75, 3.05) is 19.6 Å². The summed E-state index contributed by atoms with van der Waals surface area (Å²) in [6.45, 7) is 16.9. The lowest BCUT2D eigenvalue weighted by atomic mass is 9.99. The molecule has 118 valence electrons. The van der Waals surface area contributed by atoms with E-state index in [0.29, 0.717) is 12.0 Å². The maximum absolute atomic E-state index is 3.85. The summed E-state index contributed by atoms with van der Waals surface area (Å²) in [6.07, 6.45) is 3.17. The zero-order valence-corrected chi connectivity index (χ0v) is 14.2. The molecule has 0 aliphatic rings. The van der Waals surface area contributed by atoms with Gasteiger partial charge in [0.2, 0.25) is 0 Å². The van der Waals surface area contributed by atoms with E-state index >= 15 is 0 Å². The third kappa shape index (κ3) is 6.92. The molecule has 1 aromatic rings. The monoisotopic (exact) mass is 288 g/mol. The van der Waals surface area contributed by atoms with Gasteiger partial charge in [-0.1, -0.05) is 58.0 Å². The molecule has 0 saturated carbocycles. The molecule has 0 fully saturated rings. The topological polar surface area (TPSA) is 15.3 Å². The molecule has 0 aliphatic carbocycles. The second kappa shape index (κ2) is 9.75. The summed E-state index contributed by atoms with van der Waals surface area (Å²) in [5, 5.41) is 3.50. The Bertz CT molecular complexity index is 395. The summed E-state index contributed by atoms with van der Waals surface area (Å²) >= 11 is 0. The predicted molar refractivity (Wildman–Crippen MR) is 93.8 cm³/mol. The number of nitrogens with one attached hydrogen (secondary N) is 1. The third-order valence-electron chi connectivity index (χ3n) is 3.71. The van der Waals surface area contributed by atoms with Crippen LogP contribution in [0.5, 0.6) is 0 Å². The predicted octanol–water partition coefficient (Wildman–Crippen LogP) is 4.19. The van der Waals surface area contributed by atoms with Gasteiger partial charge >= 0.3 is 0 Å². The Balaban J connectivity index is 2.57. The van der Waals surface area contributed by atoms with Gasteiger partial charge in [-0.15, -0.1) is 6.58 Å². The van der Waals surface area contributed by atoms with E-state index in [4.69, 9.17) is 0 Å². The first kappa shape index (κ1) is 17.9. The maximum Gasteiger partial charge on any atom is 0.0237 e. The van der Waals surface area contributed by atoms with Gasteiger partial charge in [0.15, 0.2) is 0 Å². The Morgan fingerprint density at radius 2 is 1.86 bits per heavy atom. The second-order valence-electron chi connectivity index (χ2n) is 6.23. The molecular weight excluding hydrogens is 256 g/mol. The molecule has 1 unspecified atom stereocenters. The Kier molecular flexibility index (Phi) is 8.33. The first-order valence-corrected chi connectivity index (χ1v) is 8.22. The van der Waals surface area contributed by atoms with E-state index in [9.17, 15) is 0 Å². The fraction of sp³-hybridized carbons (Fsp3) is 0.579. The van der Waals surface area contributed by atoms with Gasteiger partial charge in [-0.25, -0.2) is 0 Å². The van der Waals surface area contributed by atoms with Crippen LogP contribution in [-0.4, -0.2) is 30.6 Å². The van der Waals surface area contributed by atoms with Gasteiger partial charge in [-0.05, 0) is 30.0 Å². The normalized spacial score (nSPS) is 12.9. The average molecular weight is 288 g/mol. The summed E-state index contributed by atoms with van der Waals surface area (Å²) < 4.78 is 0. The lowest BCUT2D eigenvalue weighted by Gasteiger charge is -2.20. The third-order valence-corrected chi connectivity index (χ3v) is 3.71. The van der Waals surface area contributed by atoms with Gasteiger partial charge in [0.05, 0.1) is 0 Å². The second-order valence-corrected chi connectivity index (χ2v) is 6.23. The van der Waals surface area contributed by atoms with E-state index in [1.807, 2.05) is 6.08 Å². The molecule has 1 rings (SSSR count). The van der Waals surface area contributed by atoms with Crippen LogP contribution in [0.3, 0.4) is 0 Å². The molecule has 0 radical (unpaired) electrons. The Labute approximate surface area is 131 Å². The number of hydrogen-bond acceptors (Lipinski definition) is 2. The fourth-order valence-electron chi connectivity index (χ4n) is 2.47. The molecule has 1 N–H and O–H groups in total. The van der Waals surface area contributed by atoms with Crippen LogP contribution in [0.4, 0.5) is 0 Å². The van der Waals surface area contributed by atoms with Crippen LogP contribution in [0, 0.1) is 0 Å². The van der Waals surface area contributed by atoms with Gasteiger partial charge < -0.3 is 5.32 Å². The van der Waals surface area contributed by atoms with Crippen LogP contribution < -0.4 is 5.32 Å². The summed E-state index contributed by atoms with van der Waals surface area (Å²) in [7, 11) is 0. The molecule has 0 spiro atoms. The van der Waals surface area contributed by atoms with Crippen molar-refractivity contribution in [3.8, 4) is 0 Å². The number of rotatable bonds is 10. The highest BCUT2D eigenvalue weighted by atomic mass is 15.1. The Morgan fingerprint density at radius 3 is 2.38 bits per heavy atom. The van der Waals surface area contributed by atoms with Crippen molar-refractivity contribution in [3.05, 3.63) is 48.0 Å². The van der Waals surface area contributed by atoms with E-state index in [1.165, 1.54) is 17.5 Å². The van der Waals surface area contributed by atoms with E-state index in [2.05, 4.69) is 68.8 Å². The van der Waals surface area contributed by atoms with Gasteiger partial charge in [-0.2, -0.15) is 0 Å². The largest absolute Gasteiger partial charge is 0.314 e. The van der Waals surface area contributed by atoms with E-state index in [-0.39, 0.29) is 0 Å². The van der Waals surface area contributed by atoms with Crippen LogP contribution in [-0.2, 0) is 6.54 Å². The van der Waals surface area contributed by atoms with Crippen LogP contribution >= 0.6 is 0 Å². The van der Waals surface area contributed by atoms with Crippen LogP contribution in [0.15, 0.2) is 36.9 Å². The van der Waals surface area contributed by atoms with Gasteiger partial charge in [-0.3, -0.25) is 4.90 Å². The minimum Gasteiger partial charge on any atom is -0.314 e. The zero-order chi connectivity index (χ0) is 15.7. The van der Waals surface area contributed by atoms with Crippen LogP contribution in [0.1, 0.15) is 51.2 Å². The molecular formula is C19H32N2. The van der Waals surface area contributed by atoms with E-state index in [1.54, 1.807) is 0 Å². The van der Waals surface area contributed by atoms with E-state index in [0.717, 1.165) is 26.2 Å². The quantitative estimate of drug-likeness (QED) is 0.650. The van der Waals surface area contributed by atoms with Gasteiger partial charge in [0.1, 0.15) is 0 Å². The number of nitrogens with zero attached hydrogens (tertiary/aromatic N) is 1. The summed E-state index contributed by atoms with van der Waals surface area (Å²) in [6, 6.07) is 9.65. The van der Waals surface area contributed by atoms with E-state index < -0.39 is 0 Å². The number of hydrogen-bond donors (Lipinski definition) is 1. The van der Waals surface area contributed by atoms with Crippen molar-refractivity contribution >= 4 is 0 Å². The molecule has 0 saturated heterocycles. The van der Waals surface area contributed by atoms with Crippen molar-refractivity contribution in [1.82, 2.24) is 10.2 Å². The molecule has 0 aliphatic heterocycles. The highest BCUT2D eigenvalue weighted by molar-refractivity contribution is 5.25. The van der Waals surface area contributed by atoms with Crippen molar-refractivity contribution < 1.29 is 0 Å². The summed E-state index contributed by atoms with van der Waals surface area (Å²) in [5.41, 5.74) is 2.80. The van der Waals surface area contributed by atoms with Crippen molar-refractivity contribution in [3.63, 3.8) is 0 Å². The van der Waals surface area contributed by atoms with Crippen molar-refractivity contribution in [2.24, 2.45) is 0 Å². The van der Waals surface area contributed by atoms with Crippen molar-refractivity contribution in [2.45, 2.75) is 52.6 Å². The fourth-order valence-corrected chi connectivity index (χ4v) is 2.47. The molecule has 0 heterocycles. The van der Waals surface area contributed by atoms with Crippen molar-refractivity contribution in [1.29, 1.82) is 0 Å². The number of benzene rings is 1. The molecule has 0 aromatic heterocycles. The Morgan fingerprint density at radius 1 is 1.19 bits per heavy atom. The van der Waals surface area contributed by atoms with Gasteiger partial charge in [0.25, 0.3) is 0 Å². The molecule has 0 bridgehead atoms. The van der Waals surface area contributed by atoms with Crippen LogP contribution in [0.2, 0.25) is 0 Å². The molecule has 2 heteroatoms. The molecule has 1 aromatic carbocycles. The minimum atomic E-state index is 0.549.